The molecule has 0 saturated carbocycles. The van der Waals surface area contributed by atoms with Crippen LogP contribution in [0.5, 0.6) is 0 Å². The molecule has 2 rings (SSSR count). The highest BCUT2D eigenvalue weighted by Crippen LogP contribution is 2.32. The molecule has 6 nitrogen and oxygen atoms in total. The number of methoxy groups -OCH3 is 1. The predicted molar refractivity (Wildman–Crippen MR) is 98.0 cm³/mol. The number of Topliss-reactive ketones (excluding diaryl/α,β-unsaturated/α-hetero) is 1. The maximum absolute atomic E-state index is 14.2. The maximum atomic E-state index is 14.2. The minimum atomic E-state index is -1.22. The number of ketones is 1. The number of hydrogen-bond donors (Lipinski definition) is 2. The SMILES string of the molecule is COC(=O)C(C)(C)NC(=O)Nc1ccc(F)c(-c2ccc(C(C)=O)s2)c1. The number of anilines is 1. The lowest BCUT2D eigenvalue weighted by atomic mass is 10.1. The van der Waals surface area contributed by atoms with Gasteiger partial charge in [-0.1, -0.05) is 0 Å². The van der Waals surface area contributed by atoms with E-state index < -0.39 is 23.4 Å². The first-order chi connectivity index (χ1) is 12.1. The first kappa shape index (κ1) is 19.6. The van der Waals surface area contributed by atoms with Crippen molar-refractivity contribution in [3.63, 3.8) is 0 Å². The summed E-state index contributed by atoms with van der Waals surface area (Å²) in [6.45, 7) is 4.45. The molecule has 2 N–H and O–H groups in total. The van der Waals surface area contributed by atoms with Crippen LogP contribution in [0, 0.1) is 5.82 Å². The number of rotatable bonds is 5. The molecule has 2 aromatic rings. The molecular weight excluding hydrogens is 359 g/mol. The molecule has 1 aromatic carbocycles. The van der Waals surface area contributed by atoms with E-state index in [9.17, 15) is 18.8 Å². The smallest absolute Gasteiger partial charge is 0.331 e. The number of urea groups is 1. The van der Waals surface area contributed by atoms with Crippen LogP contribution >= 0.6 is 11.3 Å². The summed E-state index contributed by atoms with van der Waals surface area (Å²) >= 11 is 1.17. The van der Waals surface area contributed by atoms with Gasteiger partial charge < -0.3 is 15.4 Å². The van der Waals surface area contributed by atoms with Crippen LogP contribution in [0.3, 0.4) is 0 Å². The summed E-state index contributed by atoms with van der Waals surface area (Å²) in [5, 5.41) is 5.05. The Morgan fingerprint density at radius 1 is 1.15 bits per heavy atom. The van der Waals surface area contributed by atoms with Gasteiger partial charge in [0.15, 0.2) is 5.78 Å². The average molecular weight is 378 g/mol. The van der Waals surface area contributed by atoms with Crippen LogP contribution in [0.1, 0.15) is 30.4 Å². The molecule has 138 valence electrons. The monoisotopic (exact) mass is 378 g/mol. The largest absolute Gasteiger partial charge is 0.467 e. The second-order valence-corrected chi connectivity index (χ2v) is 7.19. The van der Waals surface area contributed by atoms with E-state index in [0.717, 1.165) is 0 Å². The average Bonchev–Trinajstić information content (AvgIpc) is 3.05. The fourth-order valence-corrected chi connectivity index (χ4v) is 3.14. The van der Waals surface area contributed by atoms with E-state index >= 15 is 0 Å². The molecule has 26 heavy (non-hydrogen) atoms. The quantitative estimate of drug-likeness (QED) is 0.612. The standard InChI is InChI=1S/C18H19FN2O4S/c1-10(22)14-7-8-15(26-14)12-9-11(5-6-13(12)19)20-17(24)21-18(2,3)16(23)25-4/h5-9H,1-4H3,(H2,20,21,24). The molecule has 0 aliphatic heterocycles. The molecule has 0 atom stereocenters. The number of nitrogens with one attached hydrogen (secondary N) is 2. The Labute approximate surface area is 154 Å². The summed E-state index contributed by atoms with van der Waals surface area (Å²) in [5.41, 5.74) is -0.601. The van der Waals surface area contributed by atoms with Gasteiger partial charge in [0.25, 0.3) is 0 Å². The van der Waals surface area contributed by atoms with E-state index in [1.807, 2.05) is 0 Å². The van der Waals surface area contributed by atoms with Crippen molar-refractivity contribution in [3.8, 4) is 10.4 Å². The van der Waals surface area contributed by atoms with Crippen molar-refractivity contribution in [1.29, 1.82) is 0 Å². The highest BCUT2D eigenvalue weighted by molar-refractivity contribution is 7.17. The lowest BCUT2D eigenvalue weighted by Gasteiger charge is -2.23. The number of thiophene rings is 1. The van der Waals surface area contributed by atoms with Gasteiger partial charge >= 0.3 is 12.0 Å². The van der Waals surface area contributed by atoms with Gasteiger partial charge in [-0.2, -0.15) is 0 Å². The van der Waals surface area contributed by atoms with Gasteiger partial charge in [-0.25, -0.2) is 14.0 Å². The summed E-state index contributed by atoms with van der Waals surface area (Å²) in [6, 6.07) is 6.76. The maximum Gasteiger partial charge on any atom is 0.331 e. The molecule has 0 aliphatic rings. The van der Waals surface area contributed by atoms with Gasteiger partial charge in [-0.3, -0.25) is 4.79 Å². The number of amides is 2. The molecule has 0 radical (unpaired) electrons. The Morgan fingerprint density at radius 2 is 1.85 bits per heavy atom. The second kappa shape index (κ2) is 7.65. The molecule has 0 aliphatic carbocycles. The van der Waals surface area contributed by atoms with E-state index in [-0.39, 0.29) is 11.3 Å². The zero-order valence-corrected chi connectivity index (χ0v) is 15.6. The summed E-state index contributed by atoms with van der Waals surface area (Å²) in [4.78, 5) is 36.2. The lowest BCUT2D eigenvalue weighted by Crippen LogP contribution is -2.51. The summed E-state index contributed by atoms with van der Waals surface area (Å²) in [5.74, 6) is -1.16. The van der Waals surface area contributed by atoms with Crippen LogP contribution in [0.15, 0.2) is 30.3 Å². The van der Waals surface area contributed by atoms with E-state index in [1.54, 1.807) is 12.1 Å². The fraction of sp³-hybridized carbons (Fsp3) is 0.278. The molecular formula is C18H19FN2O4S. The van der Waals surface area contributed by atoms with Gasteiger partial charge in [-0.05, 0) is 51.1 Å². The van der Waals surface area contributed by atoms with E-state index in [0.29, 0.717) is 15.4 Å². The van der Waals surface area contributed by atoms with Crippen molar-refractivity contribution in [2.75, 3.05) is 12.4 Å². The molecule has 8 heteroatoms. The number of carbonyl (C=O) groups excluding carboxylic acids is 3. The zero-order chi connectivity index (χ0) is 19.5. The summed E-state index contributed by atoms with van der Waals surface area (Å²) in [6.07, 6.45) is 0. The van der Waals surface area contributed by atoms with Crippen LogP contribution in [0.25, 0.3) is 10.4 Å². The Kier molecular flexibility index (Phi) is 5.76. The molecule has 0 spiro atoms. The molecule has 2 amide bonds. The van der Waals surface area contributed by atoms with Crippen molar-refractivity contribution >= 4 is 34.8 Å². The number of esters is 1. The normalized spacial score (nSPS) is 11.0. The number of hydrogen-bond acceptors (Lipinski definition) is 5. The first-order valence-corrected chi connectivity index (χ1v) is 8.54. The minimum Gasteiger partial charge on any atom is -0.467 e. The van der Waals surface area contributed by atoms with Crippen molar-refractivity contribution in [2.24, 2.45) is 0 Å². The predicted octanol–water partition coefficient (Wildman–Crippen LogP) is 3.83. The Morgan fingerprint density at radius 3 is 2.42 bits per heavy atom. The molecule has 0 bridgehead atoms. The van der Waals surface area contributed by atoms with Crippen LogP contribution in [0.4, 0.5) is 14.9 Å². The number of ether oxygens (including phenoxy) is 1. The molecule has 0 saturated heterocycles. The number of benzene rings is 1. The molecule has 0 unspecified atom stereocenters. The van der Waals surface area contributed by atoms with Gasteiger partial charge in [0.2, 0.25) is 0 Å². The van der Waals surface area contributed by atoms with Crippen molar-refractivity contribution in [2.45, 2.75) is 26.3 Å². The first-order valence-electron chi connectivity index (χ1n) is 7.72. The zero-order valence-electron chi connectivity index (χ0n) is 14.8. The molecule has 0 fully saturated rings. The van der Waals surface area contributed by atoms with Crippen LogP contribution in [-0.2, 0) is 9.53 Å². The highest BCUT2D eigenvalue weighted by Gasteiger charge is 2.30. The number of carbonyl (C=O) groups is 3. The fourth-order valence-electron chi connectivity index (χ4n) is 2.22. The summed E-state index contributed by atoms with van der Waals surface area (Å²) < 4.78 is 18.8. The third-order valence-electron chi connectivity index (χ3n) is 3.56. The van der Waals surface area contributed by atoms with Crippen LogP contribution in [-0.4, -0.2) is 30.4 Å². The van der Waals surface area contributed by atoms with Crippen LogP contribution < -0.4 is 10.6 Å². The van der Waals surface area contributed by atoms with Gasteiger partial charge in [0, 0.05) is 16.1 Å². The third kappa shape index (κ3) is 4.45. The highest BCUT2D eigenvalue weighted by atomic mass is 32.1. The summed E-state index contributed by atoms with van der Waals surface area (Å²) in [7, 11) is 1.23. The van der Waals surface area contributed by atoms with Gasteiger partial charge in [0.05, 0.1) is 12.0 Å². The second-order valence-electron chi connectivity index (χ2n) is 6.11. The van der Waals surface area contributed by atoms with Crippen molar-refractivity contribution in [3.05, 3.63) is 41.0 Å². The topological polar surface area (TPSA) is 84.5 Å². The van der Waals surface area contributed by atoms with Gasteiger partial charge in [-0.15, -0.1) is 11.3 Å². The Bertz CT molecular complexity index is 861. The van der Waals surface area contributed by atoms with Crippen LogP contribution in [0.2, 0.25) is 0 Å². The lowest BCUT2D eigenvalue weighted by molar-refractivity contribution is -0.146. The minimum absolute atomic E-state index is 0.0969. The molecule has 1 heterocycles. The van der Waals surface area contributed by atoms with Crippen molar-refractivity contribution < 1.29 is 23.5 Å². The Balaban J connectivity index is 2.20. The third-order valence-corrected chi connectivity index (χ3v) is 4.78. The number of halogens is 1. The molecule has 1 aromatic heterocycles. The van der Waals surface area contributed by atoms with E-state index in [4.69, 9.17) is 0 Å². The van der Waals surface area contributed by atoms with E-state index in [1.165, 1.54) is 57.4 Å². The van der Waals surface area contributed by atoms with Gasteiger partial charge in [0.1, 0.15) is 11.4 Å². The van der Waals surface area contributed by atoms with E-state index in [2.05, 4.69) is 15.4 Å². The Hall–Kier alpha value is -2.74. The van der Waals surface area contributed by atoms with Crippen molar-refractivity contribution in [1.82, 2.24) is 5.32 Å².